The molecule has 1 amide bonds. The van der Waals surface area contributed by atoms with Gasteiger partial charge < -0.3 is 15.4 Å². The second-order valence-electron chi connectivity index (χ2n) is 5.49. The number of carbonyl (C=O) groups is 1. The SMILES string of the molecule is COCCNCC(=O)Nc1cccc(CS(=O)(=O)c2ccccc2)c1.Cl. The second-order valence-corrected chi connectivity index (χ2v) is 7.48. The predicted octanol–water partition coefficient (Wildman–Crippen LogP) is 2.26. The molecule has 0 aromatic heterocycles. The lowest BCUT2D eigenvalue weighted by atomic mass is 10.2. The highest BCUT2D eigenvalue weighted by atomic mass is 35.5. The van der Waals surface area contributed by atoms with E-state index in [1.165, 1.54) is 0 Å². The standard InChI is InChI=1S/C18H22N2O4S.ClH/c1-24-11-10-19-13-18(21)20-16-7-5-6-15(12-16)14-25(22,23)17-8-3-2-4-9-17;/h2-9,12,19H,10-11,13-14H2,1H3,(H,20,21);1H. The van der Waals surface area contributed by atoms with E-state index in [0.29, 0.717) is 24.4 Å². The third-order valence-corrected chi connectivity index (χ3v) is 5.14. The van der Waals surface area contributed by atoms with Gasteiger partial charge in [0.15, 0.2) is 9.84 Å². The summed E-state index contributed by atoms with van der Waals surface area (Å²) in [6.07, 6.45) is 0. The third-order valence-electron chi connectivity index (χ3n) is 3.44. The van der Waals surface area contributed by atoms with Crippen molar-refractivity contribution in [1.29, 1.82) is 0 Å². The first-order valence-corrected chi connectivity index (χ1v) is 9.53. The Morgan fingerprint density at radius 2 is 1.81 bits per heavy atom. The van der Waals surface area contributed by atoms with Crippen LogP contribution in [0.4, 0.5) is 5.69 Å². The highest BCUT2D eigenvalue weighted by Gasteiger charge is 2.15. The van der Waals surface area contributed by atoms with Gasteiger partial charge in [-0.1, -0.05) is 30.3 Å². The van der Waals surface area contributed by atoms with Gasteiger partial charge in [0.1, 0.15) is 0 Å². The van der Waals surface area contributed by atoms with Crippen LogP contribution in [0.25, 0.3) is 0 Å². The highest BCUT2D eigenvalue weighted by Crippen LogP contribution is 2.18. The van der Waals surface area contributed by atoms with E-state index >= 15 is 0 Å². The molecule has 0 saturated carbocycles. The molecule has 0 heterocycles. The molecule has 0 aliphatic carbocycles. The number of ether oxygens (including phenoxy) is 1. The summed E-state index contributed by atoms with van der Waals surface area (Å²) in [5.41, 5.74) is 1.19. The van der Waals surface area contributed by atoms with E-state index in [2.05, 4.69) is 10.6 Å². The lowest BCUT2D eigenvalue weighted by Gasteiger charge is -2.09. The molecule has 142 valence electrons. The maximum absolute atomic E-state index is 12.4. The number of sulfone groups is 1. The molecule has 2 aromatic carbocycles. The van der Waals surface area contributed by atoms with Crippen molar-refractivity contribution in [2.24, 2.45) is 0 Å². The van der Waals surface area contributed by atoms with Crippen molar-refractivity contribution in [2.75, 3.05) is 32.1 Å². The van der Waals surface area contributed by atoms with Crippen LogP contribution in [0.5, 0.6) is 0 Å². The van der Waals surface area contributed by atoms with E-state index in [4.69, 9.17) is 4.74 Å². The Morgan fingerprint density at radius 1 is 1.08 bits per heavy atom. The predicted molar refractivity (Wildman–Crippen MR) is 104 cm³/mol. The van der Waals surface area contributed by atoms with Crippen molar-refractivity contribution < 1.29 is 17.9 Å². The summed E-state index contributed by atoms with van der Waals surface area (Å²) in [6.45, 7) is 1.27. The molecule has 2 N–H and O–H groups in total. The van der Waals surface area contributed by atoms with Gasteiger partial charge in [-0.25, -0.2) is 8.42 Å². The van der Waals surface area contributed by atoms with Crippen LogP contribution < -0.4 is 10.6 Å². The topological polar surface area (TPSA) is 84.5 Å². The summed E-state index contributed by atoms with van der Waals surface area (Å²) >= 11 is 0. The number of methoxy groups -OCH3 is 1. The molecule has 0 spiro atoms. The molecule has 0 fully saturated rings. The van der Waals surface area contributed by atoms with Crippen molar-refractivity contribution >= 4 is 33.8 Å². The largest absolute Gasteiger partial charge is 0.383 e. The second kappa shape index (κ2) is 10.9. The number of rotatable bonds is 9. The van der Waals surface area contributed by atoms with Gasteiger partial charge in [0.25, 0.3) is 0 Å². The fourth-order valence-corrected chi connectivity index (χ4v) is 3.61. The van der Waals surface area contributed by atoms with Gasteiger partial charge in [-0.15, -0.1) is 12.4 Å². The van der Waals surface area contributed by atoms with Gasteiger partial charge in [0.05, 0.1) is 23.8 Å². The first-order chi connectivity index (χ1) is 12.0. The Morgan fingerprint density at radius 3 is 2.50 bits per heavy atom. The molecule has 0 radical (unpaired) electrons. The molecular weight excluding hydrogens is 376 g/mol. The number of halogens is 1. The van der Waals surface area contributed by atoms with Gasteiger partial charge >= 0.3 is 0 Å². The van der Waals surface area contributed by atoms with Crippen LogP contribution >= 0.6 is 12.4 Å². The van der Waals surface area contributed by atoms with Gasteiger partial charge in [-0.05, 0) is 29.8 Å². The van der Waals surface area contributed by atoms with Crippen molar-refractivity contribution in [1.82, 2.24) is 5.32 Å². The first-order valence-electron chi connectivity index (χ1n) is 7.87. The summed E-state index contributed by atoms with van der Waals surface area (Å²) in [4.78, 5) is 12.1. The number of carbonyl (C=O) groups excluding carboxylic acids is 1. The van der Waals surface area contributed by atoms with E-state index in [1.807, 2.05) is 0 Å². The molecule has 0 atom stereocenters. The van der Waals surface area contributed by atoms with Crippen molar-refractivity contribution in [3.8, 4) is 0 Å². The molecule has 8 heteroatoms. The molecule has 0 aliphatic rings. The maximum Gasteiger partial charge on any atom is 0.238 e. The van der Waals surface area contributed by atoms with Crippen molar-refractivity contribution in [3.63, 3.8) is 0 Å². The lowest BCUT2D eigenvalue weighted by molar-refractivity contribution is -0.115. The summed E-state index contributed by atoms with van der Waals surface area (Å²) in [5.74, 6) is -0.313. The normalized spacial score (nSPS) is 10.8. The van der Waals surface area contributed by atoms with Crippen LogP contribution in [0.1, 0.15) is 5.56 Å². The number of hydrogen-bond donors (Lipinski definition) is 2. The fraction of sp³-hybridized carbons (Fsp3) is 0.278. The minimum atomic E-state index is -3.42. The van der Waals surface area contributed by atoms with E-state index in [1.54, 1.807) is 61.7 Å². The lowest BCUT2D eigenvalue weighted by Crippen LogP contribution is -2.30. The Kier molecular flexibility index (Phi) is 9.29. The van der Waals surface area contributed by atoms with E-state index in [9.17, 15) is 13.2 Å². The molecule has 26 heavy (non-hydrogen) atoms. The fourth-order valence-electron chi connectivity index (χ4n) is 2.25. The first kappa shape index (κ1) is 22.1. The Labute approximate surface area is 160 Å². The summed E-state index contributed by atoms with van der Waals surface area (Å²) in [6, 6.07) is 15.2. The van der Waals surface area contributed by atoms with Crippen LogP contribution in [0.15, 0.2) is 59.5 Å². The summed E-state index contributed by atoms with van der Waals surface area (Å²) in [5, 5.41) is 5.70. The molecular formula is C18H23ClN2O4S. The third kappa shape index (κ3) is 7.13. The van der Waals surface area contributed by atoms with Crippen LogP contribution in [0.2, 0.25) is 0 Å². The quantitative estimate of drug-likeness (QED) is 0.633. The zero-order chi connectivity index (χ0) is 18.1. The highest BCUT2D eigenvalue weighted by molar-refractivity contribution is 7.90. The van der Waals surface area contributed by atoms with E-state index in [0.717, 1.165) is 0 Å². The Balaban J connectivity index is 0.00000338. The van der Waals surface area contributed by atoms with Crippen molar-refractivity contribution in [3.05, 3.63) is 60.2 Å². The molecule has 0 bridgehead atoms. The average Bonchev–Trinajstić information content (AvgIpc) is 2.59. The number of benzene rings is 2. The van der Waals surface area contributed by atoms with Crippen LogP contribution in [0.3, 0.4) is 0 Å². The summed E-state index contributed by atoms with van der Waals surface area (Å²) in [7, 11) is -1.82. The zero-order valence-corrected chi connectivity index (χ0v) is 16.1. The smallest absolute Gasteiger partial charge is 0.238 e. The van der Waals surface area contributed by atoms with Gasteiger partial charge in [0, 0.05) is 19.3 Å². The zero-order valence-electron chi connectivity index (χ0n) is 14.5. The Hall–Kier alpha value is -1.93. The summed E-state index contributed by atoms with van der Waals surface area (Å²) < 4.78 is 29.7. The minimum Gasteiger partial charge on any atom is -0.383 e. The van der Waals surface area contributed by atoms with Gasteiger partial charge in [-0.2, -0.15) is 0 Å². The Bertz CT molecular complexity index is 798. The van der Waals surface area contributed by atoms with Gasteiger partial charge in [-0.3, -0.25) is 4.79 Å². The maximum atomic E-state index is 12.4. The van der Waals surface area contributed by atoms with E-state index in [-0.39, 0.29) is 35.5 Å². The molecule has 0 saturated heterocycles. The van der Waals surface area contributed by atoms with E-state index < -0.39 is 9.84 Å². The van der Waals surface area contributed by atoms with Crippen LogP contribution in [-0.4, -0.2) is 41.1 Å². The molecule has 6 nitrogen and oxygen atoms in total. The van der Waals surface area contributed by atoms with Crippen LogP contribution in [-0.2, 0) is 25.1 Å². The number of nitrogens with one attached hydrogen (secondary N) is 2. The van der Waals surface area contributed by atoms with Crippen molar-refractivity contribution in [2.45, 2.75) is 10.6 Å². The number of hydrogen-bond acceptors (Lipinski definition) is 5. The number of amides is 1. The molecule has 2 rings (SSSR count). The molecule has 0 aliphatic heterocycles. The monoisotopic (exact) mass is 398 g/mol. The van der Waals surface area contributed by atoms with Crippen LogP contribution in [0, 0.1) is 0 Å². The molecule has 2 aromatic rings. The minimum absolute atomic E-state index is 0. The molecule has 0 unspecified atom stereocenters. The average molecular weight is 399 g/mol. The number of anilines is 1. The van der Waals surface area contributed by atoms with Gasteiger partial charge in [0.2, 0.25) is 5.91 Å².